The molecule has 1 heterocycles. The zero-order valence-corrected chi connectivity index (χ0v) is 12.8. The maximum Gasteiger partial charge on any atom is 0.239 e. The predicted octanol–water partition coefficient (Wildman–Crippen LogP) is -0.699. The number of carbonyl (C=O) groups is 1. The minimum atomic E-state index is -3.07. The summed E-state index contributed by atoms with van der Waals surface area (Å²) in [4.78, 5) is 16.1. The summed E-state index contributed by atoms with van der Waals surface area (Å²) in [7, 11) is 0.886. The van der Waals surface area contributed by atoms with Crippen molar-refractivity contribution < 1.29 is 13.2 Å². The third kappa shape index (κ3) is 5.46. The highest BCUT2D eigenvalue weighted by atomic mass is 32.2. The van der Waals surface area contributed by atoms with Gasteiger partial charge in [0.25, 0.3) is 0 Å². The van der Waals surface area contributed by atoms with Crippen molar-refractivity contribution in [2.45, 2.75) is 31.3 Å². The number of likely N-dealkylation sites (tertiary alicyclic amines) is 1. The molecule has 1 aliphatic rings. The highest BCUT2D eigenvalue weighted by Crippen LogP contribution is 2.19. The number of amides is 1. The van der Waals surface area contributed by atoms with Gasteiger partial charge in [0, 0.05) is 25.4 Å². The molecule has 7 heteroatoms. The fourth-order valence-electron chi connectivity index (χ4n) is 2.41. The normalized spacial score (nSPS) is 21.9. The molecule has 0 aromatic rings. The van der Waals surface area contributed by atoms with Crippen molar-refractivity contribution in [2.24, 2.45) is 5.73 Å². The minimum absolute atomic E-state index is 0.0356. The first-order valence-corrected chi connectivity index (χ1v) is 8.65. The first-order chi connectivity index (χ1) is 8.70. The summed E-state index contributed by atoms with van der Waals surface area (Å²) in [5.41, 5.74) is 5.83. The second-order valence-electron chi connectivity index (χ2n) is 5.61. The average Bonchev–Trinajstić information content (AvgIpc) is 2.71. The molecule has 1 aliphatic heterocycles. The van der Waals surface area contributed by atoms with E-state index in [0.717, 1.165) is 32.2 Å². The molecule has 0 aliphatic carbocycles. The number of nitrogens with zero attached hydrogens (tertiary/aromatic N) is 2. The van der Waals surface area contributed by atoms with Gasteiger partial charge in [-0.15, -0.1) is 0 Å². The Labute approximate surface area is 115 Å². The van der Waals surface area contributed by atoms with Gasteiger partial charge < -0.3 is 15.5 Å². The van der Waals surface area contributed by atoms with Crippen molar-refractivity contribution in [2.75, 3.05) is 39.2 Å². The Kier molecular flexibility index (Phi) is 5.76. The molecular formula is C12H25N3O3S. The van der Waals surface area contributed by atoms with Crippen molar-refractivity contribution in [1.82, 2.24) is 9.80 Å². The molecule has 0 radical (unpaired) electrons. The van der Waals surface area contributed by atoms with Gasteiger partial charge in [-0.2, -0.15) is 0 Å². The molecule has 0 bridgehead atoms. The zero-order chi connectivity index (χ0) is 14.6. The molecule has 0 spiro atoms. The van der Waals surface area contributed by atoms with E-state index in [4.69, 9.17) is 5.73 Å². The van der Waals surface area contributed by atoms with Gasteiger partial charge in [0.15, 0.2) is 0 Å². The highest BCUT2D eigenvalue weighted by Gasteiger charge is 2.31. The van der Waals surface area contributed by atoms with Crippen LogP contribution in [0.2, 0.25) is 0 Å². The molecule has 0 aromatic carbocycles. The van der Waals surface area contributed by atoms with Gasteiger partial charge in [-0.25, -0.2) is 8.42 Å². The number of hydrogen-bond acceptors (Lipinski definition) is 5. The summed E-state index contributed by atoms with van der Waals surface area (Å²) in [6, 6.07) is -0.510. The Morgan fingerprint density at radius 3 is 2.63 bits per heavy atom. The van der Waals surface area contributed by atoms with Crippen molar-refractivity contribution in [1.29, 1.82) is 0 Å². The predicted molar refractivity (Wildman–Crippen MR) is 75.6 cm³/mol. The molecule has 0 saturated carbocycles. The number of hydrogen-bond donors (Lipinski definition) is 1. The number of rotatable bonds is 6. The van der Waals surface area contributed by atoms with Crippen LogP contribution in [0.4, 0.5) is 0 Å². The monoisotopic (exact) mass is 291 g/mol. The van der Waals surface area contributed by atoms with Gasteiger partial charge in [0.2, 0.25) is 5.91 Å². The smallest absolute Gasteiger partial charge is 0.239 e. The average molecular weight is 291 g/mol. The second kappa shape index (κ2) is 6.67. The molecule has 2 unspecified atom stereocenters. The van der Waals surface area contributed by atoms with Crippen LogP contribution in [-0.4, -0.2) is 75.4 Å². The van der Waals surface area contributed by atoms with Crippen LogP contribution in [0, 0.1) is 0 Å². The topological polar surface area (TPSA) is 83.7 Å². The summed E-state index contributed by atoms with van der Waals surface area (Å²) >= 11 is 0. The Bertz CT molecular complexity index is 408. The van der Waals surface area contributed by atoms with Gasteiger partial charge in [-0.1, -0.05) is 0 Å². The van der Waals surface area contributed by atoms with Crippen LogP contribution in [0.1, 0.15) is 19.3 Å². The van der Waals surface area contributed by atoms with E-state index in [0.29, 0.717) is 0 Å². The highest BCUT2D eigenvalue weighted by molar-refractivity contribution is 7.90. The van der Waals surface area contributed by atoms with Crippen molar-refractivity contribution >= 4 is 15.7 Å². The van der Waals surface area contributed by atoms with Gasteiger partial charge in [-0.05, 0) is 33.4 Å². The summed E-state index contributed by atoms with van der Waals surface area (Å²) < 4.78 is 22.2. The fraction of sp³-hybridized carbons (Fsp3) is 0.917. The molecule has 1 amide bonds. The first-order valence-electron chi connectivity index (χ1n) is 6.59. The fourth-order valence-corrected chi connectivity index (χ4v) is 3.10. The lowest BCUT2D eigenvalue weighted by Gasteiger charge is -2.29. The van der Waals surface area contributed by atoms with E-state index in [1.165, 1.54) is 0 Å². The van der Waals surface area contributed by atoms with Crippen molar-refractivity contribution in [3.8, 4) is 0 Å². The van der Waals surface area contributed by atoms with Crippen molar-refractivity contribution in [3.63, 3.8) is 0 Å². The zero-order valence-electron chi connectivity index (χ0n) is 12.0. The molecule has 1 fully saturated rings. The van der Waals surface area contributed by atoms with Gasteiger partial charge in [0.05, 0.1) is 11.8 Å². The second-order valence-corrected chi connectivity index (χ2v) is 7.87. The van der Waals surface area contributed by atoms with Crippen LogP contribution >= 0.6 is 0 Å². The van der Waals surface area contributed by atoms with E-state index >= 15 is 0 Å². The van der Waals surface area contributed by atoms with Gasteiger partial charge in [-0.3, -0.25) is 4.79 Å². The van der Waals surface area contributed by atoms with E-state index < -0.39 is 15.9 Å². The lowest BCUT2D eigenvalue weighted by atomic mass is 10.1. The van der Waals surface area contributed by atoms with Gasteiger partial charge >= 0.3 is 0 Å². The van der Waals surface area contributed by atoms with Crippen LogP contribution in [0.3, 0.4) is 0 Å². The van der Waals surface area contributed by atoms with E-state index in [1.807, 2.05) is 19.0 Å². The van der Waals surface area contributed by atoms with Crippen LogP contribution in [0.15, 0.2) is 0 Å². The van der Waals surface area contributed by atoms with Crippen LogP contribution < -0.4 is 5.73 Å². The van der Waals surface area contributed by atoms with E-state index in [9.17, 15) is 13.2 Å². The maximum absolute atomic E-state index is 12.2. The van der Waals surface area contributed by atoms with E-state index in [-0.39, 0.29) is 24.1 Å². The maximum atomic E-state index is 12.2. The van der Waals surface area contributed by atoms with Gasteiger partial charge in [0.1, 0.15) is 9.84 Å². The molecule has 1 saturated heterocycles. The standard InChI is InChI=1S/C12H25N3O3S/c1-14(2)9-10-5-4-7-15(10)12(16)11(13)6-8-19(3,17)18/h10-11H,4-9,13H2,1-3H3. The van der Waals surface area contributed by atoms with E-state index in [2.05, 4.69) is 4.90 Å². The molecule has 6 nitrogen and oxygen atoms in total. The molecule has 19 heavy (non-hydrogen) atoms. The lowest BCUT2D eigenvalue weighted by molar-refractivity contribution is -0.133. The SMILES string of the molecule is CN(C)CC1CCCN1C(=O)C(N)CCS(C)(=O)=O. The summed E-state index contributed by atoms with van der Waals surface area (Å²) in [5, 5.41) is 0. The van der Waals surface area contributed by atoms with E-state index in [1.54, 1.807) is 0 Å². The molecule has 112 valence electrons. The first kappa shape index (κ1) is 16.4. The van der Waals surface area contributed by atoms with Crippen LogP contribution in [-0.2, 0) is 14.6 Å². The molecule has 1 rings (SSSR count). The molecule has 2 atom stereocenters. The van der Waals surface area contributed by atoms with Crippen LogP contribution in [0.25, 0.3) is 0 Å². The number of likely N-dealkylation sites (N-methyl/N-ethyl adjacent to an activating group) is 1. The Morgan fingerprint density at radius 2 is 2.11 bits per heavy atom. The summed E-state index contributed by atoms with van der Waals surface area (Å²) in [6.07, 6.45) is 3.34. The van der Waals surface area contributed by atoms with Crippen molar-refractivity contribution in [3.05, 3.63) is 0 Å². The third-order valence-electron chi connectivity index (χ3n) is 3.35. The number of sulfone groups is 1. The number of nitrogens with two attached hydrogens (primary N) is 1. The Morgan fingerprint density at radius 1 is 1.47 bits per heavy atom. The Hall–Kier alpha value is -0.660. The lowest BCUT2D eigenvalue weighted by Crippen LogP contribution is -2.49. The molecule has 0 aromatic heterocycles. The summed E-state index contributed by atoms with van der Waals surface area (Å²) in [6.45, 7) is 1.55. The third-order valence-corrected chi connectivity index (χ3v) is 4.33. The molecular weight excluding hydrogens is 266 g/mol. The summed E-state index contributed by atoms with van der Waals surface area (Å²) in [5.74, 6) is -0.153. The minimum Gasteiger partial charge on any atom is -0.337 e. The quantitative estimate of drug-likeness (QED) is 0.700. The number of carbonyl (C=O) groups excluding carboxylic acids is 1. The largest absolute Gasteiger partial charge is 0.337 e. The Balaban J connectivity index is 2.55. The van der Waals surface area contributed by atoms with Crippen LogP contribution in [0.5, 0.6) is 0 Å². The molecule has 2 N–H and O–H groups in total.